The lowest BCUT2D eigenvalue weighted by Crippen LogP contribution is -2.35. The smallest absolute Gasteiger partial charge is 0.102 e. The van der Waals surface area contributed by atoms with Gasteiger partial charge in [-0.3, -0.25) is 4.98 Å². The second-order valence-electron chi connectivity index (χ2n) is 6.92. The minimum Gasteiger partial charge on any atom is -0.359 e. The van der Waals surface area contributed by atoms with E-state index >= 15 is 0 Å². The molecule has 0 N–H and O–H groups in total. The molecule has 1 aliphatic heterocycles. The summed E-state index contributed by atoms with van der Waals surface area (Å²) >= 11 is 0. The van der Waals surface area contributed by atoms with Crippen LogP contribution in [0.15, 0.2) is 42.9 Å². The third-order valence-corrected chi connectivity index (χ3v) is 5.15. The number of aryl methyl sites for hydroxylation is 1. The number of fused-ring (bicyclic) bond motifs is 3. The maximum atomic E-state index is 7.77. The van der Waals surface area contributed by atoms with E-state index in [2.05, 4.69) is 48.9 Å². The molecule has 3 nitrogen and oxygen atoms in total. The van der Waals surface area contributed by atoms with Gasteiger partial charge in [0.05, 0.1) is 11.4 Å². The van der Waals surface area contributed by atoms with Crippen LogP contribution in [0, 0.1) is 6.92 Å². The lowest BCUT2D eigenvalue weighted by Gasteiger charge is -2.33. The average Bonchev–Trinajstić information content (AvgIpc) is 3.05. The SMILES string of the molecule is [2H]C([2H])([2H])N1C=CN(c2c(C)ccc3c2C(C)(C)c2ncccc2-3)[C@H]1C. The summed E-state index contributed by atoms with van der Waals surface area (Å²) in [5.74, 6) is 0. The van der Waals surface area contributed by atoms with E-state index in [1.54, 1.807) is 6.20 Å². The summed E-state index contributed by atoms with van der Waals surface area (Å²) in [6, 6.07) is 8.37. The number of hydrogen-bond donors (Lipinski definition) is 0. The standard InChI is InChI=1S/C20H23N3/c1-13-8-9-15-16-7-6-10-21-19(16)20(3,4)17(15)18(13)23-12-11-22(5)14(23)2/h6-12,14H,1-5H3/t14-/m0/s1/i5D3. The lowest BCUT2D eigenvalue weighted by molar-refractivity contribution is 0.382. The molecule has 2 aromatic rings. The summed E-state index contributed by atoms with van der Waals surface area (Å²) in [6.45, 7) is 6.24. The van der Waals surface area contributed by atoms with Crippen molar-refractivity contribution >= 4 is 5.69 Å². The third kappa shape index (κ3) is 1.79. The molecule has 0 fully saturated rings. The molecule has 0 radical (unpaired) electrons. The largest absolute Gasteiger partial charge is 0.359 e. The van der Waals surface area contributed by atoms with Gasteiger partial charge in [-0.2, -0.15) is 0 Å². The minimum atomic E-state index is -2.16. The quantitative estimate of drug-likeness (QED) is 0.784. The number of anilines is 1. The highest BCUT2D eigenvalue weighted by molar-refractivity contribution is 5.86. The van der Waals surface area contributed by atoms with Crippen LogP contribution in [0.2, 0.25) is 0 Å². The Morgan fingerprint density at radius 3 is 2.74 bits per heavy atom. The van der Waals surface area contributed by atoms with Crippen molar-refractivity contribution in [2.75, 3.05) is 11.9 Å². The molecule has 0 unspecified atom stereocenters. The van der Waals surface area contributed by atoms with E-state index in [4.69, 9.17) is 4.11 Å². The summed E-state index contributed by atoms with van der Waals surface area (Å²) < 4.78 is 23.3. The average molecular weight is 308 g/mol. The molecule has 1 aromatic heterocycles. The van der Waals surface area contributed by atoms with Crippen LogP contribution in [0.5, 0.6) is 0 Å². The fourth-order valence-electron chi connectivity index (χ4n) is 3.91. The lowest BCUT2D eigenvalue weighted by atomic mass is 9.82. The Hall–Kier alpha value is -2.29. The monoisotopic (exact) mass is 308 g/mol. The van der Waals surface area contributed by atoms with Crippen LogP contribution in [0.3, 0.4) is 0 Å². The molecule has 0 saturated heterocycles. The first-order valence-corrected chi connectivity index (χ1v) is 7.99. The maximum Gasteiger partial charge on any atom is 0.102 e. The summed E-state index contributed by atoms with van der Waals surface area (Å²) in [5, 5.41) is 0. The minimum absolute atomic E-state index is 0.242. The molecule has 1 aliphatic carbocycles. The van der Waals surface area contributed by atoms with Crippen molar-refractivity contribution in [3.63, 3.8) is 0 Å². The second-order valence-corrected chi connectivity index (χ2v) is 6.92. The molecule has 0 amide bonds. The van der Waals surface area contributed by atoms with Gasteiger partial charge >= 0.3 is 0 Å². The van der Waals surface area contributed by atoms with Crippen LogP contribution < -0.4 is 4.90 Å². The van der Waals surface area contributed by atoms with Crippen LogP contribution in [-0.4, -0.2) is 23.0 Å². The number of hydrogen-bond acceptors (Lipinski definition) is 3. The molecule has 0 bridgehead atoms. The van der Waals surface area contributed by atoms with Crippen molar-refractivity contribution in [1.29, 1.82) is 0 Å². The molecule has 23 heavy (non-hydrogen) atoms. The van der Waals surface area contributed by atoms with E-state index in [1.807, 2.05) is 25.4 Å². The number of aromatic nitrogens is 1. The van der Waals surface area contributed by atoms with Crippen LogP contribution in [0.1, 0.15) is 41.7 Å². The molecule has 4 rings (SSSR count). The maximum absolute atomic E-state index is 7.77. The Kier molecular flexibility index (Phi) is 2.26. The first-order valence-electron chi connectivity index (χ1n) is 9.49. The van der Waals surface area contributed by atoms with Gasteiger partial charge in [0.2, 0.25) is 0 Å². The molecule has 2 aliphatic rings. The summed E-state index contributed by atoms with van der Waals surface area (Å²) in [6.07, 6.45) is 5.11. The topological polar surface area (TPSA) is 19.4 Å². The summed E-state index contributed by atoms with van der Waals surface area (Å²) in [5.41, 5.74) is 6.62. The van der Waals surface area contributed by atoms with Crippen molar-refractivity contribution in [1.82, 2.24) is 9.88 Å². The molecule has 1 atom stereocenters. The van der Waals surface area contributed by atoms with Gasteiger partial charge in [-0.15, -0.1) is 0 Å². The zero-order valence-electron chi connectivity index (χ0n) is 17.0. The van der Waals surface area contributed by atoms with Crippen molar-refractivity contribution in [3.8, 4) is 11.1 Å². The van der Waals surface area contributed by atoms with Crippen molar-refractivity contribution in [2.24, 2.45) is 0 Å². The molecule has 1 aromatic carbocycles. The third-order valence-electron chi connectivity index (χ3n) is 5.15. The van der Waals surface area contributed by atoms with Crippen LogP contribution in [-0.2, 0) is 5.41 Å². The zero-order chi connectivity index (χ0) is 18.9. The Balaban J connectivity index is 1.91. The number of nitrogens with zero attached hydrogens (tertiary/aromatic N) is 3. The second kappa shape index (κ2) is 4.60. The van der Waals surface area contributed by atoms with Crippen molar-refractivity contribution < 1.29 is 4.11 Å². The molecule has 3 heteroatoms. The van der Waals surface area contributed by atoms with E-state index in [0.29, 0.717) is 0 Å². The molecule has 0 saturated carbocycles. The number of benzene rings is 1. The predicted octanol–water partition coefficient (Wildman–Crippen LogP) is 4.27. The summed E-state index contributed by atoms with van der Waals surface area (Å²) in [4.78, 5) is 8.17. The van der Waals surface area contributed by atoms with Crippen LogP contribution in [0.4, 0.5) is 5.69 Å². The first-order chi connectivity index (χ1) is 12.1. The van der Waals surface area contributed by atoms with Gasteiger partial charge in [-0.25, -0.2) is 0 Å². The molecular formula is C20H23N3. The van der Waals surface area contributed by atoms with Crippen LogP contribution >= 0.6 is 0 Å². The van der Waals surface area contributed by atoms with Gasteiger partial charge in [0.25, 0.3) is 0 Å². The Bertz CT molecular complexity index is 915. The highest BCUT2D eigenvalue weighted by atomic mass is 15.4. The normalized spacial score (nSPS) is 23.3. The van der Waals surface area contributed by atoms with Gasteiger partial charge in [0, 0.05) is 40.7 Å². The van der Waals surface area contributed by atoms with E-state index < -0.39 is 6.98 Å². The zero-order valence-corrected chi connectivity index (χ0v) is 14.0. The summed E-state index contributed by atoms with van der Waals surface area (Å²) in [7, 11) is 0. The number of pyridine rings is 1. The van der Waals surface area contributed by atoms with Gasteiger partial charge in [0.15, 0.2) is 0 Å². The van der Waals surface area contributed by atoms with E-state index in [0.717, 1.165) is 22.5 Å². The predicted molar refractivity (Wildman–Crippen MR) is 95.4 cm³/mol. The molecule has 0 spiro atoms. The first kappa shape index (κ1) is 11.3. The molecular weight excluding hydrogens is 282 g/mol. The highest BCUT2D eigenvalue weighted by Gasteiger charge is 2.41. The highest BCUT2D eigenvalue weighted by Crippen LogP contribution is 2.52. The Labute approximate surface area is 142 Å². The van der Waals surface area contributed by atoms with Gasteiger partial charge in [-0.1, -0.05) is 32.0 Å². The van der Waals surface area contributed by atoms with Gasteiger partial charge in [0.1, 0.15) is 6.17 Å². The Morgan fingerprint density at radius 1 is 1.17 bits per heavy atom. The van der Waals surface area contributed by atoms with Gasteiger partial charge in [-0.05, 0) is 36.6 Å². The Morgan fingerprint density at radius 2 is 2.00 bits per heavy atom. The molecule has 2 heterocycles. The van der Waals surface area contributed by atoms with Crippen LogP contribution in [0.25, 0.3) is 11.1 Å². The van der Waals surface area contributed by atoms with E-state index in [9.17, 15) is 0 Å². The fourth-order valence-corrected chi connectivity index (χ4v) is 3.91. The van der Waals surface area contributed by atoms with E-state index in [-0.39, 0.29) is 11.6 Å². The van der Waals surface area contributed by atoms with Crippen molar-refractivity contribution in [2.45, 2.75) is 39.3 Å². The van der Waals surface area contributed by atoms with Crippen molar-refractivity contribution in [3.05, 3.63) is 59.7 Å². The van der Waals surface area contributed by atoms with Gasteiger partial charge < -0.3 is 9.80 Å². The molecule has 118 valence electrons. The number of rotatable bonds is 1. The van der Waals surface area contributed by atoms with E-state index in [1.165, 1.54) is 16.0 Å². The fraction of sp³-hybridized carbons (Fsp3) is 0.350.